The zero-order valence-electron chi connectivity index (χ0n) is 9.38. The summed E-state index contributed by atoms with van der Waals surface area (Å²) in [4.78, 5) is 23.4. The monoisotopic (exact) mass is 235 g/mol. The van der Waals surface area contributed by atoms with Crippen LogP contribution in [0.2, 0.25) is 0 Å². The minimum atomic E-state index is -0.969. The van der Waals surface area contributed by atoms with Crippen LogP contribution < -0.4 is 0 Å². The van der Waals surface area contributed by atoms with E-state index in [0.717, 1.165) is 11.1 Å². The smallest absolute Gasteiger partial charge is 0.407 e. The molecule has 0 unspecified atom stereocenters. The lowest BCUT2D eigenvalue weighted by molar-refractivity contribution is 0.0694. The minimum absolute atomic E-state index is 0.277. The van der Waals surface area contributed by atoms with Crippen molar-refractivity contribution < 1.29 is 19.8 Å². The summed E-state index contributed by atoms with van der Waals surface area (Å²) in [6.07, 6.45) is -0.516. The summed E-state index contributed by atoms with van der Waals surface area (Å²) in [5.41, 5.74) is 1.82. The summed E-state index contributed by atoms with van der Waals surface area (Å²) in [5.74, 6) is -0.960. The molecule has 5 nitrogen and oxygen atoms in total. The van der Waals surface area contributed by atoms with Gasteiger partial charge < -0.3 is 15.1 Å². The number of carbonyl (C=O) groups is 2. The summed E-state index contributed by atoms with van der Waals surface area (Å²) >= 11 is 0. The highest BCUT2D eigenvalue weighted by atomic mass is 16.4. The Morgan fingerprint density at radius 3 is 2.65 bits per heavy atom. The van der Waals surface area contributed by atoms with E-state index in [4.69, 9.17) is 10.2 Å². The van der Waals surface area contributed by atoms with E-state index >= 15 is 0 Å². The Labute approximate surface area is 98.3 Å². The fraction of sp³-hybridized carbons (Fsp3) is 0.333. The predicted octanol–water partition coefficient (Wildman–Crippen LogP) is 1.98. The van der Waals surface area contributed by atoms with Crippen molar-refractivity contribution in [3.8, 4) is 0 Å². The minimum Gasteiger partial charge on any atom is -0.478 e. The van der Waals surface area contributed by atoms with Crippen LogP contribution in [0.4, 0.5) is 4.79 Å². The fourth-order valence-corrected chi connectivity index (χ4v) is 2.33. The maximum Gasteiger partial charge on any atom is 0.407 e. The summed E-state index contributed by atoms with van der Waals surface area (Å²) in [5, 5.41) is 18.1. The van der Waals surface area contributed by atoms with E-state index in [-0.39, 0.29) is 11.6 Å². The third kappa shape index (κ3) is 1.84. The second kappa shape index (κ2) is 4.08. The molecule has 5 heteroatoms. The average molecular weight is 235 g/mol. The van der Waals surface area contributed by atoms with Gasteiger partial charge in [-0.05, 0) is 30.5 Å². The quantitative estimate of drug-likeness (QED) is 0.780. The standard InChI is InChI=1S/C12H13NO4/c1-7-8-3-2-4-10(11(14)15)9(8)5-6-13(7)12(16)17/h2-4,7H,5-6H2,1H3,(H,14,15)(H,16,17)/t7-/m0/s1. The van der Waals surface area contributed by atoms with Gasteiger partial charge in [-0.2, -0.15) is 0 Å². The van der Waals surface area contributed by atoms with Crippen molar-refractivity contribution in [3.05, 3.63) is 34.9 Å². The molecule has 1 aromatic rings. The van der Waals surface area contributed by atoms with Gasteiger partial charge in [0.05, 0.1) is 11.6 Å². The highest BCUT2D eigenvalue weighted by Gasteiger charge is 2.29. The number of hydrogen-bond acceptors (Lipinski definition) is 2. The SMILES string of the molecule is C[C@H]1c2cccc(C(=O)O)c2CCN1C(=O)O. The molecule has 0 saturated heterocycles. The van der Waals surface area contributed by atoms with E-state index in [9.17, 15) is 9.59 Å². The van der Waals surface area contributed by atoms with E-state index in [1.165, 1.54) is 4.90 Å². The van der Waals surface area contributed by atoms with Crippen molar-refractivity contribution in [2.45, 2.75) is 19.4 Å². The van der Waals surface area contributed by atoms with Gasteiger partial charge in [0.25, 0.3) is 0 Å². The van der Waals surface area contributed by atoms with Crippen molar-refractivity contribution in [1.82, 2.24) is 4.90 Å². The summed E-state index contributed by atoms with van der Waals surface area (Å²) < 4.78 is 0. The molecule has 2 rings (SSSR count). The molecule has 0 aliphatic carbocycles. The van der Waals surface area contributed by atoms with E-state index in [1.807, 2.05) is 0 Å². The van der Waals surface area contributed by atoms with Gasteiger partial charge in [-0.25, -0.2) is 9.59 Å². The predicted molar refractivity (Wildman–Crippen MR) is 60.3 cm³/mol. The molecule has 0 bridgehead atoms. The maximum atomic E-state index is 11.1. The van der Waals surface area contributed by atoms with Gasteiger partial charge in [0.15, 0.2) is 0 Å². The molecule has 1 aromatic carbocycles. The number of amides is 1. The van der Waals surface area contributed by atoms with Gasteiger partial charge in [0.2, 0.25) is 0 Å². The molecule has 0 spiro atoms. The van der Waals surface area contributed by atoms with Gasteiger partial charge in [0.1, 0.15) is 0 Å². The molecule has 2 N–H and O–H groups in total. The molecule has 0 radical (unpaired) electrons. The van der Waals surface area contributed by atoms with Gasteiger partial charge in [-0.3, -0.25) is 0 Å². The lowest BCUT2D eigenvalue weighted by atomic mass is 9.90. The van der Waals surface area contributed by atoms with E-state index in [2.05, 4.69) is 0 Å². The molecule has 0 saturated carbocycles. The van der Waals surface area contributed by atoms with Crippen LogP contribution in [0.5, 0.6) is 0 Å². The fourth-order valence-electron chi connectivity index (χ4n) is 2.33. The van der Waals surface area contributed by atoms with Gasteiger partial charge in [0, 0.05) is 6.54 Å². The van der Waals surface area contributed by atoms with Crippen LogP contribution in [0.3, 0.4) is 0 Å². The number of aromatic carboxylic acids is 1. The summed E-state index contributed by atoms with van der Waals surface area (Å²) in [7, 11) is 0. The molecule has 1 aliphatic rings. The highest BCUT2D eigenvalue weighted by Crippen LogP contribution is 2.31. The van der Waals surface area contributed by atoms with Crippen molar-refractivity contribution in [2.75, 3.05) is 6.54 Å². The van der Waals surface area contributed by atoms with Crippen LogP contribution in [-0.4, -0.2) is 33.7 Å². The molecular weight excluding hydrogens is 222 g/mol. The molecule has 0 fully saturated rings. The Bertz CT molecular complexity index is 483. The number of hydrogen-bond donors (Lipinski definition) is 2. The van der Waals surface area contributed by atoms with Gasteiger partial charge in [-0.15, -0.1) is 0 Å². The first-order chi connectivity index (χ1) is 8.02. The molecule has 1 atom stereocenters. The Kier molecular flexibility index (Phi) is 2.75. The van der Waals surface area contributed by atoms with E-state index < -0.39 is 12.1 Å². The van der Waals surface area contributed by atoms with Crippen LogP contribution in [0, 0.1) is 0 Å². The topological polar surface area (TPSA) is 77.8 Å². The molecule has 90 valence electrons. The number of rotatable bonds is 1. The lowest BCUT2D eigenvalue weighted by Gasteiger charge is -2.33. The maximum absolute atomic E-state index is 11.1. The number of carboxylic acid groups (broad SMARTS) is 2. The van der Waals surface area contributed by atoms with Crippen molar-refractivity contribution >= 4 is 12.1 Å². The zero-order chi connectivity index (χ0) is 12.6. The third-order valence-corrected chi connectivity index (χ3v) is 3.21. The first-order valence-electron chi connectivity index (χ1n) is 5.37. The summed E-state index contributed by atoms with van der Waals surface area (Å²) in [6.45, 7) is 2.12. The normalized spacial score (nSPS) is 18.6. The van der Waals surface area contributed by atoms with Crippen LogP contribution in [0.25, 0.3) is 0 Å². The Balaban J connectivity index is 2.48. The highest BCUT2D eigenvalue weighted by molar-refractivity contribution is 5.90. The van der Waals surface area contributed by atoms with Gasteiger partial charge >= 0.3 is 12.1 Å². The zero-order valence-corrected chi connectivity index (χ0v) is 9.38. The molecule has 1 heterocycles. The second-order valence-electron chi connectivity index (χ2n) is 4.08. The first-order valence-corrected chi connectivity index (χ1v) is 5.37. The van der Waals surface area contributed by atoms with E-state index in [0.29, 0.717) is 13.0 Å². The molecule has 0 aromatic heterocycles. The summed E-state index contributed by atoms with van der Waals surface area (Å²) in [6, 6.07) is 4.71. The Hall–Kier alpha value is -2.04. The van der Waals surface area contributed by atoms with Crippen LogP contribution in [0.15, 0.2) is 18.2 Å². The number of carboxylic acids is 1. The Morgan fingerprint density at radius 2 is 2.06 bits per heavy atom. The first kappa shape index (κ1) is 11.4. The largest absolute Gasteiger partial charge is 0.478 e. The van der Waals surface area contributed by atoms with Crippen molar-refractivity contribution in [1.29, 1.82) is 0 Å². The van der Waals surface area contributed by atoms with Gasteiger partial charge in [-0.1, -0.05) is 12.1 Å². The van der Waals surface area contributed by atoms with Crippen molar-refractivity contribution in [2.24, 2.45) is 0 Å². The number of fused-ring (bicyclic) bond motifs is 1. The third-order valence-electron chi connectivity index (χ3n) is 3.21. The van der Waals surface area contributed by atoms with Crippen LogP contribution in [0.1, 0.15) is 34.5 Å². The molecule has 1 aliphatic heterocycles. The second-order valence-corrected chi connectivity index (χ2v) is 4.08. The average Bonchev–Trinajstić information content (AvgIpc) is 2.28. The van der Waals surface area contributed by atoms with E-state index in [1.54, 1.807) is 25.1 Å². The number of nitrogens with zero attached hydrogens (tertiary/aromatic N) is 1. The molecule has 17 heavy (non-hydrogen) atoms. The van der Waals surface area contributed by atoms with Crippen LogP contribution in [-0.2, 0) is 6.42 Å². The lowest BCUT2D eigenvalue weighted by Crippen LogP contribution is -2.38. The molecular formula is C12H13NO4. The number of benzene rings is 1. The van der Waals surface area contributed by atoms with Crippen molar-refractivity contribution in [3.63, 3.8) is 0 Å². The Morgan fingerprint density at radius 1 is 1.35 bits per heavy atom. The van der Waals surface area contributed by atoms with Crippen LogP contribution >= 0.6 is 0 Å². The molecule has 1 amide bonds.